The predicted molar refractivity (Wildman–Crippen MR) is 71.8 cm³/mol. The lowest BCUT2D eigenvalue weighted by molar-refractivity contribution is 0.475. The zero-order chi connectivity index (χ0) is 13.4. The Morgan fingerprint density at radius 2 is 2.00 bits per heavy atom. The van der Waals surface area contributed by atoms with Gasteiger partial charge >= 0.3 is 0 Å². The molecule has 3 N–H and O–H groups in total. The summed E-state index contributed by atoms with van der Waals surface area (Å²) in [6, 6.07) is 7.51. The van der Waals surface area contributed by atoms with Crippen molar-refractivity contribution in [2.75, 3.05) is 0 Å². The lowest BCUT2D eigenvalue weighted by Gasteiger charge is -2.13. The standard InChI is InChI=1S/C14H18N4O/c1-9-16-17-14(18(9)11-4-5-11)13(15)8-10-2-6-12(19)7-3-10/h2-3,6-7,11,13,19H,4-5,8,15H2,1H3/t13-/m0/s1. The van der Waals surface area contributed by atoms with Gasteiger partial charge in [0.1, 0.15) is 11.6 Å². The van der Waals surface area contributed by atoms with Gasteiger partial charge in [0.05, 0.1) is 6.04 Å². The van der Waals surface area contributed by atoms with Gasteiger partial charge in [-0.1, -0.05) is 12.1 Å². The number of hydrogen-bond acceptors (Lipinski definition) is 4. The highest BCUT2D eigenvalue weighted by atomic mass is 16.3. The van der Waals surface area contributed by atoms with E-state index in [-0.39, 0.29) is 11.8 Å². The van der Waals surface area contributed by atoms with Crippen LogP contribution in [-0.2, 0) is 6.42 Å². The second-order valence-electron chi connectivity index (χ2n) is 5.18. The number of rotatable bonds is 4. The molecule has 1 aliphatic rings. The SMILES string of the molecule is Cc1nnc([C@@H](N)Cc2ccc(O)cc2)n1C1CC1. The lowest BCUT2D eigenvalue weighted by atomic mass is 10.1. The quantitative estimate of drug-likeness (QED) is 0.877. The van der Waals surface area contributed by atoms with Gasteiger partial charge in [-0.2, -0.15) is 0 Å². The van der Waals surface area contributed by atoms with Gasteiger partial charge in [-0.3, -0.25) is 0 Å². The molecule has 1 aromatic carbocycles. The van der Waals surface area contributed by atoms with Crippen molar-refractivity contribution in [1.82, 2.24) is 14.8 Å². The molecular weight excluding hydrogens is 240 g/mol. The van der Waals surface area contributed by atoms with Crippen molar-refractivity contribution >= 4 is 0 Å². The first kappa shape index (κ1) is 12.2. The molecular formula is C14H18N4O. The minimum absolute atomic E-state index is 0.161. The van der Waals surface area contributed by atoms with Gasteiger partial charge in [0, 0.05) is 6.04 Å². The molecule has 19 heavy (non-hydrogen) atoms. The van der Waals surface area contributed by atoms with Crippen LogP contribution in [-0.4, -0.2) is 19.9 Å². The molecule has 0 spiro atoms. The molecule has 0 unspecified atom stereocenters. The molecule has 0 amide bonds. The third kappa shape index (κ3) is 2.46. The normalized spacial score (nSPS) is 16.5. The van der Waals surface area contributed by atoms with Gasteiger partial charge in [-0.15, -0.1) is 10.2 Å². The Labute approximate surface area is 112 Å². The molecule has 1 heterocycles. The van der Waals surface area contributed by atoms with Gasteiger partial charge in [-0.25, -0.2) is 0 Å². The maximum absolute atomic E-state index is 9.28. The number of nitrogens with two attached hydrogens (primary N) is 1. The number of aryl methyl sites for hydroxylation is 1. The molecule has 5 nitrogen and oxygen atoms in total. The summed E-state index contributed by atoms with van der Waals surface area (Å²) in [6.07, 6.45) is 3.08. The Morgan fingerprint density at radius 1 is 1.32 bits per heavy atom. The summed E-state index contributed by atoms with van der Waals surface area (Å²) in [6.45, 7) is 1.97. The number of nitrogens with zero attached hydrogens (tertiary/aromatic N) is 3. The van der Waals surface area contributed by atoms with Crippen LogP contribution in [0.1, 0.15) is 42.1 Å². The molecule has 1 aromatic heterocycles. The van der Waals surface area contributed by atoms with Gasteiger partial charge in [0.2, 0.25) is 0 Å². The first-order chi connectivity index (χ1) is 9.15. The molecule has 1 aliphatic carbocycles. The van der Waals surface area contributed by atoms with Crippen LogP contribution in [0.2, 0.25) is 0 Å². The average Bonchev–Trinajstić information content (AvgIpc) is 3.15. The highest BCUT2D eigenvalue weighted by molar-refractivity contribution is 5.27. The predicted octanol–water partition coefficient (Wildman–Crippen LogP) is 1.87. The fourth-order valence-electron chi connectivity index (χ4n) is 2.40. The van der Waals surface area contributed by atoms with Crippen LogP contribution in [0, 0.1) is 6.92 Å². The Balaban J connectivity index is 1.80. The van der Waals surface area contributed by atoms with Crippen LogP contribution in [0.25, 0.3) is 0 Å². The number of benzene rings is 1. The largest absolute Gasteiger partial charge is 0.508 e. The maximum atomic E-state index is 9.28. The highest BCUT2D eigenvalue weighted by Crippen LogP contribution is 2.37. The average molecular weight is 258 g/mol. The second kappa shape index (κ2) is 4.66. The molecule has 1 atom stereocenters. The molecule has 0 radical (unpaired) electrons. The van der Waals surface area contributed by atoms with Crippen LogP contribution < -0.4 is 5.73 Å². The fourth-order valence-corrected chi connectivity index (χ4v) is 2.40. The lowest BCUT2D eigenvalue weighted by Crippen LogP contribution is -2.19. The second-order valence-corrected chi connectivity index (χ2v) is 5.18. The van der Waals surface area contributed by atoms with Gasteiger partial charge in [0.15, 0.2) is 5.82 Å². The fraction of sp³-hybridized carbons (Fsp3) is 0.429. The molecule has 0 bridgehead atoms. The van der Waals surface area contributed by atoms with Crippen molar-refractivity contribution in [2.45, 2.75) is 38.3 Å². The first-order valence-electron chi connectivity index (χ1n) is 6.60. The summed E-state index contributed by atoms with van der Waals surface area (Å²) in [5.41, 5.74) is 7.35. The van der Waals surface area contributed by atoms with Crippen molar-refractivity contribution in [2.24, 2.45) is 5.73 Å². The van der Waals surface area contributed by atoms with E-state index in [0.29, 0.717) is 12.5 Å². The van der Waals surface area contributed by atoms with Crippen LogP contribution in [0.4, 0.5) is 0 Å². The van der Waals surface area contributed by atoms with Crippen LogP contribution in [0.15, 0.2) is 24.3 Å². The van der Waals surface area contributed by atoms with E-state index >= 15 is 0 Å². The van der Waals surface area contributed by atoms with Crippen molar-refractivity contribution < 1.29 is 5.11 Å². The van der Waals surface area contributed by atoms with Crippen molar-refractivity contribution in [3.05, 3.63) is 41.5 Å². The number of phenols is 1. The summed E-state index contributed by atoms with van der Waals surface area (Å²) in [4.78, 5) is 0. The summed E-state index contributed by atoms with van der Waals surface area (Å²) in [5.74, 6) is 2.08. The van der Waals surface area contributed by atoms with Crippen LogP contribution in [0.3, 0.4) is 0 Å². The van der Waals surface area contributed by atoms with E-state index in [1.54, 1.807) is 12.1 Å². The highest BCUT2D eigenvalue weighted by Gasteiger charge is 2.30. The monoisotopic (exact) mass is 258 g/mol. The molecule has 0 aliphatic heterocycles. The van der Waals surface area contributed by atoms with E-state index in [2.05, 4.69) is 14.8 Å². The first-order valence-corrected chi connectivity index (χ1v) is 6.60. The van der Waals surface area contributed by atoms with E-state index in [4.69, 9.17) is 5.73 Å². The summed E-state index contributed by atoms with van der Waals surface area (Å²) in [7, 11) is 0. The third-order valence-electron chi connectivity index (χ3n) is 3.53. The van der Waals surface area contributed by atoms with Crippen LogP contribution >= 0.6 is 0 Å². The number of phenolic OH excluding ortho intramolecular Hbond substituents is 1. The van der Waals surface area contributed by atoms with E-state index < -0.39 is 0 Å². The Hall–Kier alpha value is -1.88. The number of aromatic nitrogens is 3. The van der Waals surface area contributed by atoms with E-state index in [1.165, 1.54) is 12.8 Å². The number of hydrogen-bond donors (Lipinski definition) is 2. The summed E-state index contributed by atoms with van der Waals surface area (Å²) in [5, 5.41) is 17.7. The Morgan fingerprint density at radius 3 is 2.63 bits per heavy atom. The molecule has 3 rings (SSSR count). The Bertz CT molecular complexity index is 572. The molecule has 2 aromatic rings. The van der Waals surface area contributed by atoms with Gasteiger partial charge in [0.25, 0.3) is 0 Å². The third-order valence-corrected chi connectivity index (χ3v) is 3.53. The maximum Gasteiger partial charge on any atom is 0.150 e. The smallest absolute Gasteiger partial charge is 0.150 e. The minimum atomic E-state index is -0.161. The summed E-state index contributed by atoms with van der Waals surface area (Å²) >= 11 is 0. The molecule has 1 fully saturated rings. The van der Waals surface area contributed by atoms with E-state index in [9.17, 15) is 5.11 Å². The number of aromatic hydroxyl groups is 1. The zero-order valence-corrected chi connectivity index (χ0v) is 11.0. The minimum Gasteiger partial charge on any atom is -0.508 e. The Kier molecular flexibility index (Phi) is 2.98. The molecule has 0 saturated heterocycles. The zero-order valence-electron chi connectivity index (χ0n) is 11.0. The topological polar surface area (TPSA) is 77.0 Å². The van der Waals surface area contributed by atoms with Gasteiger partial charge in [-0.05, 0) is 43.9 Å². The van der Waals surface area contributed by atoms with Crippen LogP contribution in [0.5, 0.6) is 5.75 Å². The summed E-state index contributed by atoms with van der Waals surface area (Å²) < 4.78 is 2.17. The molecule has 1 saturated carbocycles. The van der Waals surface area contributed by atoms with Crippen molar-refractivity contribution in [3.63, 3.8) is 0 Å². The molecule has 5 heteroatoms. The van der Waals surface area contributed by atoms with E-state index in [1.807, 2.05) is 19.1 Å². The van der Waals surface area contributed by atoms with Crippen molar-refractivity contribution in [1.29, 1.82) is 0 Å². The molecule has 100 valence electrons. The van der Waals surface area contributed by atoms with Crippen molar-refractivity contribution in [3.8, 4) is 5.75 Å². The van der Waals surface area contributed by atoms with E-state index in [0.717, 1.165) is 17.2 Å². The van der Waals surface area contributed by atoms with Gasteiger partial charge < -0.3 is 15.4 Å².